The zero-order valence-electron chi connectivity index (χ0n) is 13.4. The molecule has 0 saturated carbocycles. The van der Waals surface area contributed by atoms with Gasteiger partial charge in [-0.1, -0.05) is 24.3 Å². The number of nitrogens with one attached hydrogen (secondary N) is 1. The second-order valence-corrected chi connectivity index (χ2v) is 7.63. The van der Waals surface area contributed by atoms with Gasteiger partial charge in [-0.3, -0.25) is 9.10 Å². The quantitative estimate of drug-likeness (QED) is 0.924. The molecule has 0 saturated heterocycles. The average Bonchev–Trinajstić information content (AvgIpc) is 2.53. The monoisotopic (exact) mass is 346 g/mol. The summed E-state index contributed by atoms with van der Waals surface area (Å²) in [5, 5.41) is 2.77. The number of carbonyl (C=O) groups is 1. The summed E-state index contributed by atoms with van der Waals surface area (Å²) < 4.78 is 31.0. The van der Waals surface area contributed by atoms with Gasteiger partial charge in [-0.15, -0.1) is 0 Å². The molecule has 0 bridgehead atoms. The van der Waals surface area contributed by atoms with Crippen LogP contribution in [-0.4, -0.2) is 33.2 Å². The van der Waals surface area contributed by atoms with Crippen molar-refractivity contribution >= 4 is 27.3 Å². The van der Waals surface area contributed by atoms with E-state index in [9.17, 15) is 13.2 Å². The third kappa shape index (κ3) is 3.35. The zero-order chi connectivity index (χ0) is 17.3. The Morgan fingerprint density at radius 2 is 1.96 bits per heavy atom. The highest BCUT2D eigenvalue weighted by Crippen LogP contribution is 2.34. The van der Waals surface area contributed by atoms with Crippen molar-refractivity contribution in [2.45, 2.75) is 13.0 Å². The van der Waals surface area contributed by atoms with Gasteiger partial charge in [0.1, 0.15) is 5.75 Å². The molecule has 0 spiro atoms. The fraction of sp³-hybridized carbons (Fsp3) is 0.235. The van der Waals surface area contributed by atoms with Crippen molar-refractivity contribution in [2.75, 3.05) is 22.4 Å². The highest BCUT2D eigenvalue weighted by atomic mass is 32.2. The van der Waals surface area contributed by atoms with Crippen molar-refractivity contribution in [3.8, 4) is 5.75 Å². The highest BCUT2D eigenvalue weighted by molar-refractivity contribution is 7.92. The van der Waals surface area contributed by atoms with Gasteiger partial charge in [-0.25, -0.2) is 8.42 Å². The van der Waals surface area contributed by atoms with Crippen LogP contribution in [0.3, 0.4) is 0 Å². The molecule has 1 amide bonds. The van der Waals surface area contributed by atoms with E-state index >= 15 is 0 Å². The summed E-state index contributed by atoms with van der Waals surface area (Å²) in [6.45, 7) is 1.86. The van der Waals surface area contributed by atoms with Crippen LogP contribution in [0.1, 0.15) is 5.56 Å². The Kier molecular flexibility index (Phi) is 4.19. The Morgan fingerprint density at radius 3 is 2.67 bits per heavy atom. The lowest BCUT2D eigenvalue weighted by Crippen LogP contribution is -2.48. The predicted molar refractivity (Wildman–Crippen MR) is 92.9 cm³/mol. The number of nitrogens with zero attached hydrogens (tertiary/aromatic N) is 1. The second kappa shape index (κ2) is 6.16. The van der Waals surface area contributed by atoms with E-state index in [-0.39, 0.29) is 12.5 Å². The summed E-state index contributed by atoms with van der Waals surface area (Å²) in [6.07, 6.45) is 0.195. The summed E-state index contributed by atoms with van der Waals surface area (Å²) in [5.74, 6) is -0.0117. The first-order chi connectivity index (χ1) is 11.3. The maximum atomic E-state index is 12.5. The number of fused-ring (bicyclic) bond motifs is 1. The minimum absolute atomic E-state index is 0.0620. The molecule has 0 unspecified atom stereocenters. The molecule has 0 aliphatic carbocycles. The molecule has 1 aliphatic rings. The topological polar surface area (TPSA) is 75.7 Å². The number of rotatable bonds is 3. The van der Waals surface area contributed by atoms with Crippen LogP contribution in [0.25, 0.3) is 0 Å². The molecular formula is C17H18N2O4S. The summed E-state index contributed by atoms with van der Waals surface area (Å²) in [5.41, 5.74) is 2.11. The fourth-order valence-electron chi connectivity index (χ4n) is 2.60. The minimum Gasteiger partial charge on any atom is -0.476 e. The Labute approximate surface area is 141 Å². The van der Waals surface area contributed by atoms with Crippen LogP contribution < -0.4 is 14.4 Å². The molecule has 1 atom stereocenters. The summed E-state index contributed by atoms with van der Waals surface area (Å²) in [4.78, 5) is 12.5. The third-order valence-electron chi connectivity index (χ3n) is 3.71. The van der Waals surface area contributed by atoms with Crippen LogP contribution >= 0.6 is 0 Å². The van der Waals surface area contributed by atoms with Crippen molar-refractivity contribution < 1.29 is 17.9 Å². The van der Waals surface area contributed by atoms with E-state index in [1.165, 1.54) is 4.31 Å². The number of anilines is 2. The number of carbonyl (C=O) groups excluding carboxylic acids is 1. The van der Waals surface area contributed by atoms with Crippen molar-refractivity contribution in [3.05, 3.63) is 54.1 Å². The first-order valence-electron chi connectivity index (χ1n) is 7.45. The Hall–Kier alpha value is -2.54. The standard InChI is InChI=1S/C17H18N2O4S/c1-12-6-5-7-13(10-12)18-17(20)16-11-19(24(2,21)22)14-8-3-4-9-15(14)23-16/h3-10,16H,11H2,1-2H3,(H,18,20)/t16-/m1/s1. The first kappa shape index (κ1) is 16.3. The maximum absolute atomic E-state index is 12.5. The molecule has 0 radical (unpaired) electrons. The van der Waals surface area contributed by atoms with E-state index < -0.39 is 16.1 Å². The lowest BCUT2D eigenvalue weighted by atomic mass is 10.2. The Morgan fingerprint density at radius 1 is 1.21 bits per heavy atom. The van der Waals surface area contributed by atoms with E-state index in [4.69, 9.17) is 4.74 Å². The number of benzene rings is 2. The number of sulfonamides is 1. The van der Waals surface area contributed by atoms with Gasteiger partial charge in [-0.2, -0.15) is 0 Å². The van der Waals surface area contributed by atoms with Crippen LogP contribution in [-0.2, 0) is 14.8 Å². The van der Waals surface area contributed by atoms with Gasteiger partial charge in [0, 0.05) is 5.69 Å². The van der Waals surface area contributed by atoms with E-state index in [0.29, 0.717) is 17.1 Å². The SMILES string of the molecule is Cc1cccc(NC(=O)[C@H]2CN(S(C)(=O)=O)c3ccccc3O2)c1. The Bertz CT molecular complexity index is 880. The number of hydrogen-bond donors (Lipinski definition) is 1. The normalized spacial score (nSPS) is 16.9. The lowest BCUT2D eigenvalue weighted by molar-refractivity contribution is -0.122. The summed E-state index contributed by atoms with van der Waals surface area (Å²) in [6, 6.07) is 14.1. The van der Waals surface area contributed by atoms with Gasteiger partial charge in [0.15, 0.2) is 6.10 Å². The lowest BCUT2D eigenvalue weighted by Gasteiger charge is -2.33. The van der Waals surface area contributed by atoms with Gasteiger partial charge in [0.05, 0.1) is 18.5 Å². The molecule has 3 rings (SSSR count). The van der Waals surface area contributed by atoms with Crippen molar-refractivity contribution in [1.29, 1.82) is 0 Å². The maximum Gasteiger partial charge on any atom is 0.267 e. The van der Waals surface area contributed by atoms with Gasteiger partial charge < -0.3 is 10.1 Å². The van der Waals surface area contributed by atoms with Gasteiger partial charge >= 0.3 is 0 Å². The van der Waals surface area contributed by atoms with E-state index in [0.717, 1.165) is 11.8 Å². The minimum atomic E-state index is -3.51. The molecule has 1 heterocycles. The molecule has 126 valence electrons. The van der Waals surface area contributed by atoms with Crippen molar-refractivity contribution in [2.24, 2.45) is 0 Å². The fourth-order valence-corrected chi connectivity index (χ4v) is 3.51. The summed E-state index contributed by atoms with van der Waals surface area (Å²) >= 11 is 0. The number of amides is 1. The molecule has 24 heavy (non-hydrogen) atoms. The Balaban J connectivity index is 1.86. The molecule has 6 nitrogen and oxygen atoms in total. The molecule has 1 aliphatic heterocycles. The van der Waals surface area contributed by atoms with Gasteiger partial charge in [0.25, 0.3) is 5.91 Å². The smallest absolute Gasteiger partial charge is 0.267 e. The molecule has 0 aromatic heterocycles. The van der Waals surface area contributed by atoms with Gasteiger partial charge in [0.2, 0.25) is 10.0 Å². The van der Waals surface area contributed by atoms with Crippen LogP contribution in [0.15, 0.2) is 48.5 Å². The van der Waals surface area contributed by atoms with Crippen LogP contribution in [0.4, 0.5) is 11.4 Å². The summed E-state index contributed by atoms with van der Waals surface area (Å²) in [7, 11) is -3.51. The molecule has 7 heteroatoms. The van der Waals surface area contributed by atoms with Crippen molar-refractivity contribution in [1.82, 2.24) is 0 Å². The second-order valence-electron chi connectivity index (χ2n) is 5.73. The highest BCUT2D eigenvalue weighted by Gasteiger charge is 2.34. The van der Waals surface area contributed by atoms with E-state index in [2.05, 4.69) is 5.32 Å². The number of hydrogen-bond acceptors (Lipinski definition) is 4. The molecule has 0 fully saturated rings. The first-order valence-corrected chi connectivity index (χ1v) is 9.30. The van der Waals surface area contributed by atoms with Crippen LogP contribution in [0.5, 0.6) is 5.75 Å². The largest absolute Gasteiger partial charge is 0.476 e. The molecular weight excluding hydrogens is 328 g/mol. The molecule has 2 aromatic carbocycles. The predicted octanol–water partition coefficient (Wildman–Crippen LogP) is 2.16. The van der Waals surface area contributed by atoms with Gasteiger partial charge in [-0.05, 0) is 36.8 Å². The number of para-hydroxylation sites is 2. The van der Waals surface area contributed by atoms with Crippen LogP contribution in [0.2, 0.25) is 0 Å². The number of ether oxygens (including phenoxy) is 1. The number of aryl methyl sites for hydroxylation is 1. The molecule has 1 N–H and O–H groups in total. The van der Waals surface area contributed by atoms with E-state index in [1.807, 2.05) is 25.1 Å². The molecule has 2 aromatic rings. The third-order valence-corrected chi connectivity index (χ3v) is 4.86. The average molecular weight is 346 g/mol. The van der Waals surface area contributed by atoms with Crippen molar-refractivity contribution in [3.63, 3.8) is 0 Å². The zero-order valence-corrected chi connectivity index (χ0v) is 14.2. The van der Waals surface area contributed by atoms with Crippen LogP contribution in [0, 0.1) is 6.92 Å². The van der Waals surface area contributed by atoms with E-state index in [1.54, 1.807) is 30.3 Å².